The predicted octanol–water partition coefficient (Wildman–Crippen LogP) is 3.41. The molecule has 0 bridgehead atoms. The van der Waals surface area contributed by atoms with Gasteiger partial charge in [0, 0.05) is 17.5 Å². The van der Waals surface area contributed by atoms with E-state index in [1.54, 1.807) is 0 Å². The van der Waals surface area contributed by atoms with Crippen molar-refractivity contribution in [1.29, 1.82) is 5.41 Å². The lowest BCUT2D eigenvalue weighted by atomic mass is 9.52. The standard InChI is InChI=1S/C15H25NO/c1-9(2)11-8-15(4)10(3)6-5-7-12(15)13(16)14(11)17/h10-12,14,16-17H,1,5-8H2,2-4H3. The average Bonchev–Trinajstić information content (AvgIpc) is 2.26. The van der Waals surface area contributed by atoms with E-state index in [0.717, 1.165) is 18.4 Å². The Labute approximate surface area is 105 Å². The van der Waals surface area contributed by atoms with E-state index in [4.69, 9.17) is 5.41 Å². The average molecular weight is 235 g/mol. The number of fused-ring (bicyclic) bond motifs is 1. The van der Waals surface area contributed by atoms with Crippen LogP contribution in [0.4, 0.5) is 0 Å². The van der Waals surface area contributed by atoms with Gasteiger partial charge in [0.25, 0.3) is 0 Å². The van der Waals surface area contributed by atoms with Crippen molar-refractivity contribution in [3.8, 4) is 0 Å². The van der Waals surface area contributed by atoms with Crippen LogP contribution in [0.5, 0.6) is 0 Å². The van der Waals surface area contributed by atoms with E-state index in [0.29, 0.717) is 11.6 Å². The van der Waals surface area contributed by atoms with E-state index in [9.17, 15) is 5.11 Å². The van der Waals surface area contributed by atoms with Crippen LogP contribution in [-0.4, -0.2) is 16.9 Å². The molecule has 0 radical (unpaired) electrons. The molecule has 0 aromatic heterocycles. The van der Waals surface area contributed by atoms with Crippen molar-refractivity contribution in [2.75, 3.05) is 0 Å². The monoisotopic (exact) mass is 235 g/mol. The first-order valence-electron chi connectivity index (χ1n) is 6.79. The number of aliphatic hydroxyl groups excluding tert-OH is 1. The highest BCUT2D eigenvalue weighted by Crippen LogP contribution is 2.54. The van der Waals surface area contributed by atoms with E-state index in [2.05, 4.69) is 20.4 Å². The Morgan fingerprint density at radius 1 is 1.47 bits per heavy atom. The lowest BCUT2D eigenvalue weighted by molar-refractivity contribution is 0.0117. The molecule has 2 heteroatoms. The molecule has 0 aromatic carbocycles. The quantitative estimate of drug-likeness (QED) is 0.672. The highest BCUT2D eigenvalue weighted by atomic mass is 16.3. The molecule has 5 atom stereocenters. The second-order valence-corrected chi connectivity index (χ2v) is 6.45. The molecule has 0 spiro atoms. The molecule has 2 nitrogen and oxygen atoms in total. The van der Waals surface area contributed by atoms with Crippen molar-refractivity contribution in [3.63, 3.8) is 0 Å². The number of hydrogen-bond donors (Lipinski definition) is 2. The molecule has 2 saturated carbocycles. The van der Waals surface area contributed by atoms with Crippen LogP contribution in [-0.2, 0) is 0 Å². The molecule has 2 rings (SSSR count). The normalized spacial score (nSPS) is 46.5. The fourth-order valence-electron chi connectivity index (χ4n) is 3.94. The smallest absolute Gasteiger partial charge is 0.0981 e. The molecule has 0 amide bonds. The van der Waals surface area contributed by atoms with Gasteiger partial charge in [0.2, 0.25) is 0 Å². The minimum absolute atomic E-state index is 0.0873. The first kappa shape index (κ1) is 12.8. The third-order valence-corrected chi connectivity index (χ3v) is 5.42. The summed E-state index contributed by atoms with van der Waals surface area (Å²) >= 11 is 0. The van der Waals surface area contributed by atoms with E-state index in [1.165, 1.54) is 12.8 Å². The number of nitrogens with one attached hydrogen (secondary N) is 1. The van der Waals surface area contributed by atoms with Crippen LogP contribution in [0, 0.1) is 28.6 Å². The SMILES string of the molecule is C=C(C)C1CC2(C)C(C)CCCC2C(=N)C1O. The Morgan fingerprint density at radius 3 is 2.71 bits per heavy atom. The maximum Gasteiger partial charge on any atom is 0.0981 e. The van der Waals surface area contributed by atoms with Gasteiger partial charge in [-0.2, -0.15) is 0 Å². The van der Waals surface area contributed by atoms with Gasteiger partial charge in [-0.3, -0.25) is 0 Å². The van der Waals surface area contributed by atoms with Gasteiger partial charge in [0.15, 0.2) is 0 Å². The van der Waals surface area contributed by atoms with E-state index >= 15 is 0 Å². The van der Waals surface area contributed by atoms with Crippen LogP contribution in [0.2, 0.25) is 0 Å². The molecule has 0 heterocycles. The van der Waals surface area contributed by atoms with Gasteiger partial charge in [-0.25, -0.2) is 0 Å². The summed E-state index contributed by atoms with van der Waals surface area (Å²) in [5, 5.41) is 18.5. The Bertz CT molecular complexity index is 349. The lowest BCUT2D eigenvalue weighted by Crippen LogP contribution is -2.53. The molecular weight excluding hydrogens is 210 g/mol. The van der Waals surface area contributed by atoms with Crippen LogP contribution in [0.3, 0.4) is 0 Å². The van der Waals surface area contributed by atoms with Gasteiger partial charge in [0.05, 0.1) is 6.10 Å². The minimum Gasteiger partial charge on any atom is -0.387 e. The van der Waals surface area contributed by atoms with Crippen LogP contribution in [0.15, 0.2) is 12.2 Å². The zero-order valence-electron chi connectivity index (χ0n) is 11.3. The van der Waals surface area contributed by atoms with Gasteiger partial charge < -0.3 is 10.5 Å². The Hall–Kier alpha value is -0.630. The first-order chi connectivity index (χ1) is 7.88. The van der Waals surface area contributed by atoms with Crippen molar-refractivity contribution in [3.05, 3.63) is 12.2 Å². The highest BCUT2D eigenvalue weighted by Gasteiger charge is 2.51. The summed E-state index contributed by atoms with van der Waals surface area (Å²) < 4.78 is 0. The summed E-state index contributed by atoms with van der Waals surface area (Å²) in [7, 11) is 0. The molecule has 17 heavy (non-hydrogen) atoms. The van der Waals surface area contributed by atoms with Gasteiger partial charge in [-0.05, 0) is 31.1 Å². The van der Waals surface area contributed by atoms with E-state index in [-0.39, 0.29) is 17.3 Å². The summed E-state index contributed by atoms with van der Waals surface area (Å²) in [5.74, 6) is 1.03. The highest BCUT2D eigenvalue weighted by molar-refractivity contribution is 5.90. The van der Waals surface area contributed by atoms with Gasteiger partial charge in [0.1, 0.15) is 0 Å². The van der Waals surface area contributed by atoms with Crippen molar-refractivity contribution in [2.24, 2.45) is 23.2 Å². The second-order valence-electron chi connectivity index (χ2n) is 6.45. The molecule has 2 aliphatic carbocycles. The van der Waals surface area contributed by atoms with Gasteiger partial charge in [-0.15, -0.1) is 0 Å². The summed E-state index contributed by atoms with van der Waals surface area (Å²) in [6, 6.07) is 0. The Kier molecular flexibility index (Phi) is 3.19. The summed E-state index contributed by atoms with van der Waals surface area (Å²) in [6.45, 7) is 10.6. The van der Waals surface area contributed by atoms with Crippen molar-refractivity contribution in [1.82, 2.24) is 0 Å². The molecule has 2 aliphatic rings. The third kappa shape index (κ3) is 1.87. The maximum absolute atomic E-state index is 10.3. The number of aliphatic hydroxyl groups is 1. The third-order valence-electron chi connectivity index (χ3n) is 5.42. The van der Waals surface area contributed by atoms with Crippen LogP contribution in [0.1, 0.15) is 46.5 Å². The van der Waals surface area contributed by atoms with Crippen molar-refractivity contribution in [2.45, 2.75) is 52.6 Å². The second kappa shape index (κ2) is 4.24. The molecular formula is C15H25NO. The maximum atomic E-state index is 10.3. The Morgan fingerprint density at radius 2 is 2.12 bits per heavy atom. The zero-order valence-corrected chi connectivity index (χ0v) is 11.3. The van der Waals surface area contributed by atoms with Crippen LogP contribution < -0.4 is 0 Å². The molecule has 0 saturated heterocycles. The van der Waals surface area contributed by atoms with Crippen molar-refractivity contribution >= 4 is 5.71 Å². The molecule has 5 unspecified atom stereocenters. The predicted molar refractivity (Wildman–Crippen MR) is 71.3 cm³/mol. The largest absolute Gasteiger partial charge is 0.387 e. The first-order valence-corrected chi connectivity index (χ1v) is 6.79. The molecule has 2 N–H and O–H groups in total. The molecule has 2 fully saturated rings. The minimum atomic E-state index is -0.587. The van der Waals surface area contributed by atoms with E-state index < -0.39 is 6.10 Å². The van der Waals surface area contributed by atoms with Gasteiger partial charge >= 0.3 is 0 Å². The summed E-state index contributed by atoms with van der Waals surface area (Å²) in [4.78, 5) is 0. The number of rotatable bonds is 1. The van der Waals surface area contributed by atoms with E-state index in [1.807, 2.05) is 6.92 Å². The summed E-state index contributed by atoms with van der Waals surface area (Å²) in [5.41, 5.74) is 1.79. The van der Waals surface area contributed by atoms with Crippen LogP contribution >= 0.6 is 0 Å². The zero-order chi connectivity index (χ0) is 12.8. The molecule has 0 aliphatic heterocycles. The van der Waals surface area contributed by atoms with Gasteiger partial charge in [-0.1, -0.05) is 38.8 Å². The lowest BCUT2D eigenvalue weighted by Gasteiger charge is -2.53. The van der Waals surface area contributed by atoms with Crippen LogP contribution in [0.25, 0.3) is 0 Å². The topological polar surface area (TPSA) is 44.1 Å². The van der Waals surface area contributed by atoms with Crippen molar-refractivity contribution < 1.29 is 5.11 Å². The molecule has 0 aromatic rings. The fourth-order valence-corrected chi connectivity index (χ4v) is 3.94. The number of hydrogen-bond acceptors (Lipinski definition) is 2. The fraction of sp³-hybridized carbons (Fsp3) is 0.800. The molecule has 96 valence electrons. The Balaban J connectivity index is 2.34. The summed E-state index contributed by atoms with van der Waals surface area (Å²) in [6.07, 6.45) is 3.96.